The fraction of sp³-hybridized carbons (Fsp3) is 0.188. The van der Waals surface area contributed by atoms with Gasteiger partial charge in [0.1, 0.15) is 17.0 Å². The molecule has 0 saturated heterocycles. The lowest BCUT2D eigenvalue weighted by atomic mass is 10.3. The molecule has 24 heavy (non-hydrogen) atoms. The standard InChI is InChI=1S/C16H14Cl2N4OS/c1-9-6-10-15(19-8-20-16(10)24-9)22(2)7-13(23)21-14-11(17)4-3-5-12(14)18/h3-6,8H,7H2,1-2H3,(H,21,23). The van der Waals surface area contributed by atoms with Crippen molar-refractivity contribution in [2.75, 3.05) is 23.8 Å². The number of carbonyl (C=O) groups excluding carboxylic acids is 1. The van der Waals surface area contributed by atoms with Crippen molar-refractivity contribution in [2.24, 2.45) is 0 Å². The van der Waals surface area contributed by atoms with Crippen LogP contribution in [0.3, 0.4) is 0 Å². The van der Waals surface area contributed by atoms with Crippen LogP contribution in [0.1, 0.15) is 4.88 Å². The molecule has 0 saturated carbocycles. The number of amides is 1. The second-order valence-electron chi connectivity index (χ2n) is 5.27. The molecule has 0 unspecified atom stereocenters. The Hall–Kier alpha value is -1.89. The normalized spacial score (nSPS) is 10.8. The first-order valence-corrected chi connectivity index (χ1v) is 8.69. The average molecular weight is 381 g/mol. The molecule has 1 aromatic carbocycles. The van der Waals surface area contributed by atoms with E-state index in [1.807, 2.05) is 20.0 Å². The van der Waals surface area contributed by atoms with Gasteiger partial charge in [0.15, 0.2) is 0 Å². The van der Waals surface area contributed by atoms with Gasteiger partial charge in [0, 0.05) is 11.9 Å². The number of likely N-dealkylation sites (N-methyl/N-ethyl adjacent to an activating group) is 1. The Kier molecular flexibility index (Phi) is 4.89. The van der Waals surface area contributed by atoms with E-state index in [4.69, 9.17) is 23.2 Å². The minimum absolute atomic E-state index is 0.114. The van der Waals surface area contributed by atoms with Gasteiger partial charge in [0.05, 0.1) is 27.7 Å². The van der Waals surface area contributed by atoms with Crippen LogP contribution in [0.15, 0.2) is 30.6 Å². The quantitative estimate of drug-likeness (QED) is 0.729. The lowest BCUT2D eigenvalue weighted by molar-refractivity contribution is -0.114. The molecule has 0 bridgehead atoms. The van der Waals surface area contributed by atoms with Gasteiger partial charge in [0.25, 0.3) is 0 Å². The number of carbonyl (C=O) groups is 1. The highest BCUT2D eigenvalue weighted by atomic mass is 35.5. The summed E-state index contributed by atoms with van der Waals surface area (Å²) in [7, 11) is 1.81. The third-order valence-corrected chi connectivity index (χ3v) is 4.99. The zero-order valence-corrected chi connectivity index (χ0v) is 15.3. The Morgan fingerprint density at radius 2 is 2.00 bits per heavy atom. The van der Waals surface area contributed by atoms with E-state index in [9.17, 15) is 4.79 Å². The number of aromatic nitrogens is 2. The maximum atomic E-state index is 12.3. The lowest BCUT2D eigenvalue weighted by Gasteiger charge is -2.18. The van der Waals surface area contributed by atoms with Gasteiger partial charge in [-0.2, -0.15) is 0 Å². The largest absolute Gasteiger partial charge is 0.350 e. The number of hydrogen-bond donors (Lipinski definition) is 1. The van der Waals surface area contributed by atoms with Crippen molar-refractivity contribution in [3.05, 3.63) is 45.5 Å². The van der Waals surface area contributed by atoms with Crippen LogP contribution in [0.4, 0.5) is 11.5 Å². The number of aryl methyl sites for hydroxylation is 1. The van der Waals surface area contributed by atoms with E-state index < -0.39 is 0 Å². The summed E-state index contributed by atoms with van der Waals surface area (Å²) in [6.07, 6.45) is 1.51. The Labute approximate surface area is 153 Å². The number of benzene rings is 1. The molecule has 0 radical (unpaired) electrons. The van der Waals surface area contributed by atoms with E-state index in [0.29, 0.717) is 21.6 Å². The van der Waals surface area contributed by atoms with Crippen molar-refractivity contribution >= 4 is 62.2 Å². The van der Waals surface area contributed by atoms with Crippen LogP contribution < -0.4 is 10.2 Å². The van der Waals surface area contributed by atoms with Crippen LogP contribution in [-0.2, 0) is 4.79 Å². The van der Waals surface area contributed by atoms with Crippen molar-refractivity contribution in [2.45, 2.75) is 6.92 Å². The molecule has 1 amide bonds. The molecule has 3 rings (SSSR count). The first kappa shape index (κ1) is 17.0. The van der Waals surface area contributed by atoms with Gasteiger partial charge in [-0.25, -0.2) is 9.97 Å². The molecule has 124 valence electrons. The molecule has 5 nitrogen and oxygen atoms in total. The minimum atomic E-state index is -0.230. The van der Waals surface area contributed by atoms with E-state index in [1.54, 1.807) is 34.4 Å². The molecule has 8 heteroatoms. The fourth-order valence-corrected chi connectivity index (χ4v) is 3.69. The molecular weight excluding hydrogens is 367 g/mol. The van der Waals surface area contributed by atoms with Crippen LogP contribution in [-0.4, -0.2) is 29.5 Å². The highest BCUT2D eigenvalue weighted by molar-refractivity contribution is 7.18. The first-order chi connectivity index (χ1) is 11.5. The molecule has 0 aliphatic rings. The molecule has 3 aromatic rings. The number of para-hydroxylation sites is 1. The number of nitrogens with one attached hydrogen (secondary N) is 1. The maximum Gasteiger partial charge on any atom is 0.244 e. The van der Waals surface area contributed by atoms with Crippen molar-refractivity contribution < 1.29 is 4.79 Å². The number of rotatable bonds is 4. The minimum Gasteiger partial charge on any atom is -0.350 e. The molecule has 0 aliphatic carbocycles. The Balaban J connectivity index is 1.79. The van der Waals surface area contributed by atoms with Gasteiger partial charge in [0.2, 0.25) is 5.91 Å². The van der Waals surface area contributed by atoms with Crippen LogP contribution in [0, 0.1) is 6.92 Å². The lowest BCUT2D eigenvalue weighted by Crippen LogP contribution is -2.30. The number of halogens is 2. The number of anilines is 2. The monoisotopic (exact) mass is 380 g/mol. The van der Waals surface area contributed by atoms with Crippen molar-refractivity contribution in [3.63, 3.8) is 0 Å². The van der Waals surface area contributed by atoms with Crippen LogP contribution >= 0.6 is 34.5 Å². The van der Waals surface area contributed by atoms with Crippen molar-refractivity contribution in [3.8, 4) is 0 Å². The number of nitrogens with zero attached hydrogens (tertiary/aromatic N) is 3. The first-order valence-electron chi connectivity index (χ1n) is 7.12. The summed E-state index contributed by atoms with van der Waals surface area (Å²) in [6.45, 7) is 2.13. The average Bonchev–Trinajstić information content (AvgIpc) is 2.91. The van der Waals surface area contributed by atoms with Gasteiger partial charge >= 0.3 is 0 Å². The topological polar surface area (TPSA) is 58.1 Å². The summed E-state index contributed by atoms with van der Waals surface area (Å²) in [5.41, 5.74) is 0.415. The summed E-state index contributed by atoms with van der Waals surface area (Å²) in [6, 6.07) is 7.10. The number of hydrogen-bond acceptors (Lipinski definition) is 5. The molecule has 0 fully saturated rings. The molecule has 0 atom stereocenters. The summed E-state index contributed by atoms with van der Waals surface area (Å²) in [5, 5.41) is 4.48. The van der Waals surface area contributed by atoms with Gasteiger partial charge < -0.3 is 10.2 Å². The van der Waals surface area contributed by atoms with E-state index in [1.165, 1.54) is 6.33 Å². The summed E-state index contributed by atoms with van der Waals surface area (Å²) < 4.78 is 0. The zero-order valence-electron chi connectivity index (χ0n) is 13.0. The van der Waals surface area contributed by atoms with Crippen LogP contribution in [0.5, 0.6) is 0 Å². The van der Waals surface area contributed by atoms with Gasteiger partial charge in [-0.3, -0.25) is 4.79 Å². The molecular formula is C16H14Cl2N4OS. The second kappa shape index (κ2) is 6.93. The summed E-state index contributed by atoms with van der Waals surface area (Å²) in [5.74, 6) is 0.482. The predicted molar refractivity (Wildman–Crippen MR) is 101 cm³/mol. The highest BCUT2D eigenvalue weighted by Gasteiger charge is 2.15. The van der Waals surface area contributed by atoms with E-state index in [-0.39, 0.29) is 12.5 Å². The predicted octanol–water partition coefficient (Wildman–Crippen LogP) is 4.38. The molecule has 0 spiro atoms. The number of thiophene rings is 1. The van der Waals surface area contributed by atoms with Gasteiger partial charge in [-0.1, -0.05) is 29.3 Å². The SMILES string of the molecule is Cc1cc2c(N(C)CC(=O)Nc3c(Cl)cccc3Cl)ncnc2s1. The number of fused-ring (bicyclic) bond motifs is 1. The van der Waals surface area contributed by atoms with E-state index in [0.717, 1.165) is 15.1 Å². The molecule has 2 aromatic heterocycles. The third kappa shape index (κ3) is 3.45. The molecule has 2 heterocycles. The third-order valence-electron chi connectivity index (χ3n) is 3.40. The maximum absolute atomic E-state index is 12.3. The fourth-order valence-electron chi connectivity index (χ4n) is 2.35. The molecule has 1 N–H and O–H groups in total. The Bertz CT molecular complexity index is 892. The van der Waals surface area contributed by atoms with Crippen molar-refractivity contribution in [1.29, 1.82) is 0 Å². The summed E-state index contributed by atoms with van der Waals surface area (Å²) in [4.78, 5) is 24.7. The van der Waals surface area contributed by atoms with Crippen LogP contribution in [0.25, 0.3) is 10.2 Å². The second-order valence-corrected chi connectivity index (χ2v) is 7.32. The zero-order chi connectivity index (χ0) is 17.3. The van der Waals surface area contributed by atoms with Gasteiger partial charge in [-0.05, 0) is 25.1 Å². The Morgan fingerprint density at radius 3 is 2.71 bits per heavy atom. The van der Waals surface area contributed by atoms with Crippen LogP contribution in [0.2, 0.25) is 10.0 Å². The van der Waals surface area contributed by atoms with Gasteiger partial charge in [-0.15, -0.1) is 11.3 Å². The smallest absolute Gasteiger partial charge is 0.244 e. The Morgan fingerprint density at radius 1 is 1.29 bits per heavy atom. The van der Waals surface area contributed by atoms with E-state index in [2.05, 4.69) is 15.3 Å². The highest BCUT2D eigenvalue weighted by Crippen LogP contribution is 2.31. The summed E-state index contributed by atoms with van der Waals surface area (Å²) >= 11 is 13.7. The van der Waals surface area contributed by atoms with E-state index >= 15 is 0 Å². The van der Waals surface area contributed by atoms with Crippen molar-refractivity contribution in [1.82, 2.24) is 9.97 Å². The molecule has 0 aliphatic heterocycles.